The van der Waals surface area contributed by atoms with Crippen LogP contribution in [0.5, 0.6) is 0 Å². The summed E-state index contributed by atoms with van der Waals surface area (Å²) in [4.78, 5) is 2.55. The number of piperidine rings is 1. The zero-order chi connectivity index (χ0) is 14.5. The molecule has 0 radical (unpaired) electrons. The number of hydrogen-bond acceptors (Lipinski definition) is 4. The van der Waals surface area contributed by atoms with Gasteiger partial charge in [-0.25, -0.2) is 10.4 Å². The molecule has 2 saturated heterocycles. The summed E-state index contributed by atoms with van der Waals surface area (Å²) in [6, 6.07) is 0.716. The summed E-state index contributed by atoms with van der Waals surface area (Å²) in [5.74, 6) is 2.62. The Morgan fingerprint density at radius 3 is 2.50 bits per heavy atom. The van der Waals surface area contributed by atoms with Crippen LogP contribution in [0.25, 0.3) is 0 Å². The minimum Gasteiger partial charge on any atom is -0.309 e. The molecular weight excluding hydrogens is 248 g/mol. The molecule has 2 aliphatic heterocycles. The fourth-order valence-corrected chi connectivity index (χ4v) is 4.87. The number of nitrogens with one attached hydrogen (secondary N) is 2. The third-order valence-corrected chi connectivity index (χ3v) is 5.47. The molecule has 3 aliphatic rings. The summed E-state index contributed by atoms with van der Waals surface area (Å²) in [6.07, 6.45) is 4.70. The van der Waals surface area contributed by atoms with E-state index in [1.54, 1.807) is 0 Å². The molecule has 0 amide bonds. The molecule has 4 heteroatoms. The molecule has 2 N–H and O–H groups in total. The van der Waals surface area contributed by atoms with Crippen molar-refractivity contribution < 1.29 is 0 Å². The molecule has 5 unspecified atom stereocenters. The van der Waals surface area contributed by atoms with Crippen molar-refractivity contribution >= 4 is 0 Å². The van der Waals surface area contributed by atoms with Gasteiger partial charge in [0, 0.05) is 37.6 Å². The first-order chi connectivity index (χ1) is 9.33. The van der Waals surface area contributed by atoms with E-state index < -0.39 is 0 Å². The maximum absolute atomic E-state index is 3.83. The quantitative estimate of drug-likeness (QED) is 0.762. The van der Waals surface area contributed by atoms with Gasteiger partial charge < -0.3 is 5.32 Å². The summed E-state index contributed by atoms with van der Waals surface area (Å²) in [5.41, 5.74) is 3.88. The second-order valence-corrected chi connectivity index (χ2v) is 8.39. The Bertz CT molecular complexity index is 351. The van der Waals surface area contributed by atoms with Gasteiger partial charge in [0.05, 0.1) is 6.17 Å². The largest absolute Gasteiger partial charge is 0.309 e. The molecule has 0 bridgehead atoms. The average Bonchev–Trinajstić information content (AvgIpc) is 2.69. The molecule has 5 atom stereocenters. The zero-order valence-electron chi connectivity index (χ0n) is 13.8. The van der Waals surface area contributed by atoms with Crippen molar-refractivity contribution in [1.29, 1.82) is 0 Å². The van der Waals surface area contributed by atoms with E-state index in [-0.39, 0.29) is 5.54 Å². The highest BCUT2D eigenvalue weighted by Gasteiger charge is 2.48. The van der Waals surface area contributed by atoms with Crippen LogP contribution >= 0.6 is 0 Å². The molecule has 0 aromatic carbocycles. The van der Waals surface area contributed by atoms with E-state index in [9.17, 15) is 0 Å². The first-order valence-electron chi connectivity index (χ1n) is 8.29. The Kier molecular flexibility index (Phi) is 3.87. The van der Waals surface area contributed by atoms with Crippen molar-refractivity contribution in [3.05, 3.63) is 0 Å². The Morgan fingerprint density at radius 2 is 1.80 bits per heavy atom. The van der Waals surface area contributed by atoms with Crippen LogP contribution < -0.4 is 10.7 Å². The summed E-state index contributed by atoms with van der Waals surface area (Å²) >= 11 is 0. The Labute approximate surface area is 124 Å². The Hall–Kier alpha value is -0.160. The second kappa shape index (κ2) is 5.24. The van der Waals surface area contributed by atoms with E-state index in [0.29, 0.717) is 12.2 Å². The Balaban J connectivity index is 1.67. The van der Waals surface area contributed by atoms with Crippen molar-refractivity contribution in [3.63, 3.8) is 0 Å². The highest BCUT2D eigenvalue weighted by atomic mass is 15.6. The van der Waals surface area contributed by atoms with Crippen molar-refractivity contribution in [1.82, 2.24) is 20.7 Å². The van der Waals surface area contributed by atoms with Crippen LogP contribution in [0, 0.1) is 17.8 Å². The van der Waals surface area contributed by atoms with E-state index in [1.807, 2.05) is 0 Å². The predicted molar refractivity (Wildman–Crippen MR) is 83.2 cm³/mol. The molecule has 3 rings (SSSR count). The lowest BCUT2D eigenvalue weighted by molar-refractivity contribution is -0.000866. The average molecular weight is 280 g/mol. The van der Waals surface area contributed by atoms with Gasteiger partial charge in [0.15, 0.2) is 0 Å². The number of nitrogens with zero attached hydrogens (tertiary/aromatic N) is 2. The van der Waals surface area contributed by atoms with Crippen LogP contribution in [0.2, 0.25) is 0 Å². The van der Waals surface area contributed by atoms with Crippen molar-refractivity contribution in [2.24, 2.45) is 17.8 Å². The first kappa shape index (κ1) is 14.8. The molecule has 20 heavy (non-hydrogen) atoms. The van der Waals surface area contributed by atoms with Crippen LogP contribution in [0.15, 0.2) is 0 Å². The van der Waals surface area contributed by atoms with Crippen molar-refractivity contribution in [3.8, 4) is 0 Å². The maximum atomic E-state index is 3.83. The molecule has 1 aliphatic carbocycles. The van der Waals surface area contributed by atoms with E-state index in [1.165, 1.54) is 32.4 Å². The number of likely N-dealkylation sites (tertiary alicyclic amines) is 1. The summed E-state index contributed by atoms with van der Waals surface area (Å²) in [7, 11) is 4.48. The minimum absolute atomic E-state index is 0.246. The molecule has 0 aromatic heterocycles. The fourth-order valence-electron chi connectivity index (χ4n) is 4.87. The van der Waals surface area contributed by atoms with Crippen LogP contribution in [0.4, 0.5) is 0 Å². The van der Waals surface area contributed by atoms with Crippen LogP contribution in [-0.4, -0.2) is 54.8 Å². The number of hydrogen-bond donors (Lipinski definition) is 2. The van der Waals surface area contributed by atoms with Gasteiger partial charge in [-0.3, -0.25) is 4.90 Å². The SMILES string of the molecule is CN1CC2C3CCC(NC(C)(C)C)CC3CN(C)C2N1. The molecule has 0 spiro atoms. The van der Waals surface area contributed by atoms with Gasteiger partial charge >= 0.3 is 0 Å². The minimum atomic E-state index is 0.246. The van der Waals surface area contributed by atoms with Crippen LogP contribution in [0.1, 0.15) is 40.0 Å². The van der Waals surface area contributed by atoms with Gasteiger partial charge in [-0.15, -0.1) is 0 Å². The fraction of sp³-hybridized carbons (Fsp3) is 1.00. The summed E-state index contributed by atoms with van der Waals surface area (Å²) in [6.45, 7) is 9.34. The molecule has 3 fully saturated rings. The molecule has 2 heterocycles. The highest BCUT2D eigenvalue weighted by molar-refractivity contribution is 4.99. The van der Waals surface area contributed by atoms with Gasteiger partial charge in [0.1, 0.15) is 0 Å². The second-order valence-electron chi connectivity index (χ2n) is 8.39. The standard InChI is InChI=1S/C16H32N4/c1-16(2,3)17-12-6-7-13-11(8-12)9-19(4)15-14(13)10-20(5)18-15/h11-15,17-18H,6-10H2,1-5H3. The van der Waals surface area contributed by atoms with E-state index >= 15 is 0 Å². The lowest BCUT2D eigenvalue weighted by atomic mass is 9.67. The third kappa shape index (κ3) is 2.89. The predicted octanol–water partition coefficient (Wildman–Crippen LogP) is 1.50. The van der Waals surface area contributed by atoms with Crippen LogP contribution in [-0.2, 0) is 0 Å². The number of fused-ring (bicyclic) bond motifs is 3. The van der Waals surface area contributed by atoms with Crippen molar-refractivity contribution in [2.75, 3.05) is 27.2 Å². The molecule has 116 valence electrons. The Morgan fingerprint density at radius 1 is 1.05 bits per heavy atom. The zero-order valence-corrected chi connectivity index (χ0v) is 13.8. The normalized spacial score (nSPS) is 43.4. The van der Waals surface area contributed by atoms with Gasteiger partial charge in [0.2, 0.25) is 0 Å². The summed E-state index contributed by atoms with van der Waals surface area (Å²) in [5, 5.41) is 6.13. The highest BCUT2D eigenvalue weighted by Crippen LogP contribution is 2.43. The van der Waals surface area contributed by atoms with Gasteiger partial charge in [-0.05, 0) is 58.9 Å². The monoisotopic (exact) mass is 280 g/mol. The number of hydrazine groups is 1. The smallest absolute Gasteiger partial charge is 0.0773 e. The lowest BCUT2D eigenvalue weighted by Gasteiger charge is -2.49. The molecule has 0 aromatic rings. The molecular formula is C16H32N4. The molecule has 1 saturated carbocycles. The summed E-state index contributed by atoms with van der Waals surface area (Å²) < 4.78 is 0. The lowest BCUT2D eigenvalue weighted by Crippen LogP contribution is -2.58. The van der Waals surface area contributed by atoms with Gasteiger partial charge in [-0.1, -0.05) is 0 Å². The van der Waals surface area contributed by atoms with Crippen molar-refractivity contribution in [2.45, 2.75) is 57.8 Å². The first-order valence-corrected chi connectivity index (χ1v) is 8.29. The van der Waals surface area contributed by atoms with E-state index in [4.69, 9.17) is 0 Å². The molecule has 4 nitrogen and oxygen atoms in total. The third-order valence-electron chi connectivity index (χ3n) is 5.47. The maximum Gasteiger partial charge on any atom is 0.0773 e. The van der Waals surface area contributed by atoms with Crippen LogP contribution in [0.3, 0.4) is 0 Å². The van der Waals surface area contributed by atoms with E-state index in [0.717, 1.165) is 17.8 Å². The van der Waals surface area contributed by atoms with Gasteiger partial charge in [-0.2, -0.15) is 0 Å². The topological polar surface area (TPSA) is 30.5 Å². The van der Waals surface area contributed by atoms with Gasteiger partial charge in [0.25, 0.3) is 0 Å². The number of rotatable bonds is 1. The van der Waals surface area contributed by atoms with E-state index in [2.05, 4.69) is 55.5 Å².